The zero-order chi connectivity index (χ0) is 19.6. The Morgan fingerprint density at radius 3 is 2.43 bits per heavy atom. The number of rotatable bonds is 6. The molecule has 0 aliphatic carbocycles. The van der Waals surface area contributed by atoms with Gasteiger partial charge in [0.25, 0.3) is 5.91 Å². The molecule has 138 valence electrons. The third kappa shape index (κ3) is 5.74. The van der Waals surface area contributed by atoms with Crippen LogP contribution in [0.25, 0.3) is 6.08 Å². The van der Waals surface area contributed by atoms with E-state index in [0.29, 0.717) is 11.3 Å². The van der Waals surface area contributed by atoms with Crippen LogP contribution < -0.4 is 10.2 Å². The predicted octanol–water partition coefficient (Wildman–Crippen LogP) is 3.46. The molecule has 6 heteroatoms. The Morgan fingerprint density at radius 2 is 1.71 bits per heavy atom. The van der Waals surface area contributed by atoms with Crippen LogP contribution in [0.1, 0.15) is 21.5 Å². The fourth-order valence-electron chi connectivity index (χ4n) is 2.23. The van der Waals surface area contributed by atoms with Crippen molar-refractivity contribution in [2.24, 2.45) is 5.10 Å². The number of esters is 1. The molecule has 1 aromatic heterocycles. The highest BCUT2D eigenvalue weighted by Crippen LogP contribution is 2.12. The molecule has 28 heavy (non-hydrogen) atoms. The van der Waals surface area contributed by atoms with Crippen LogP contribution >= 0.6 is 0 Å². The first-order valence-corrected chi connectivity index (χ1v) is 8.49. The van der Waals surface area contributed by atoms with E-state index in [-0.39, 0.29) is 5.91 Å². The topological polar surface area (TPSA) is 80.6 Å². The SMILES string of the molecule is O=C(/C=C/c1ccccc1)Oc1ccc(/C=N/NC(=O)c2cccnc2)cc1. The van der Waals surface area contributed by atoms with E-state index in [1.54, 1.807) is 48.7 Å². The summed E-state index contributed by atoms with van der Waals surface area (Å²) in [5, 5.41) is 3.90. The molecule has 0 spiro atoms. The van der Waals surface area contributed by atoms with Gasteiger partial charge in [0, 0.05) is 18.5 Å². The van der Waals surface area contributed by atoms with Gasteiger partial charge in [-0.25, -0.2) is 10.2 Å². The molecule has 0 unspecified atom stereocenters. The molecule has 0 aliphatic rings. The molecule has 0 saturated heterocycles. The van der Waals surface area contributed by atoms with Gasteiger partial charge < -0.3 is 4.74 Å². The van der Waals surface area contributed by atoms with Gasteiger partial charge in [0.1, 0.15) is 5.75 Å². The number of aromatic nitrogens is 1. The Labute approximate surface area is 162 Å². The smallest absolute Gasteiger partial charge is 0.336 e. The summed E-state index contributed by atoms with van der Waals surface area (Å²) in [6.45, 7) is 0. The second-order valence-electron chi connectivity index (χ2n) is 5.67. The van der Waals surface area contributed by atoms with Crippen molar-refractivity contribution in [3.05, 3.63) is 102 Å². The maximum absolute atomic E-state index is 11.9. The number of nitrogens with zero attached hydrogens (tertiary/aromatic N) is 2. The highest BCUT2D eigenvalue weighted by molar-refractivity contribution is 5.94. The minimum absolute atomic E-state index is 0.347. The Kier molecular flexibility index (Phi) is 6.41. The van der Waals surface area contributed by atoms with Gasteiger partial charge in [0.15, 0.2) is 0 Å². The van der Waals surface area contributed by atoms with Gasteiger partial charge >= 0.3 is 5.97 Å². The highest BCUT2D eigenvalue weighted by atomic mass is 16.5. The van der Waals surface area contributed by atoms with E-state index in [4.69, 9.17) is 4.74 Å². The number of benzene rings is 2. The minimum Gasteiger partial charge on any atom is -0.423 e. The lowest BCUT2D eigenvalue weighted by molar-refractivity contribution is -0.128. The third-order valence-corrected chi connectivity index (χ3v) is 3.61. The van der Waals surface area contributed by atoms with Crippen LogP contribution in [0, 0.1) is 0 Å². The molecule has 0 aliphatic heterocycles. The summed E-state index contributed by atoms with van der Waals surface area (Å²) in [5.41, 5.74) is 4.50. The number of hydrazone groups is 1. The molecule has 0 fully saturated rings. The summed E-state index contributed by atoms with van der Waals surface area (Å²) in [7, 11) is 0. The standard InChI is InChI=1S/C22H17N3O3/c26-21(13-10-17-5-2-1-3-6-17)28-20-11-8-18(9-12-20)15-24-25-22(27)19-7-4-14-23-16-19/h1-16H,(H,25,27)/b13-10+,24-15+. The van der Waals surface area contributed by atoms with E-state index < -0.39 is 5.97 Å². The van der Waals surface area contributed by atoms with Crippen molar-refractivity contribution in [3.8, 4) is 5.75 Å². The van der Waals surface area contributed by atoms with Crippen LogP contribution in [0.4, 0.5) is 0 Å². The zero-order valence-electron chi connectivity index (χ0n) is 14.9. The van der Waals surface area contributed by atoms with Gasteiger partial charge in [-0.05, 0) is 53.6 Å². The van der Waals surface area contributed by atoms with Crippen molar-refractivity contribution < 1.29 is 14.3 Å². The molecule has 6 nitrogen and oxygen atoms in total. The van der Waals surface area contributed by atoms with Crippen LogP contribution in [-0.2, 0) is 4.79 Å². The largest absolute Gasteiger partial charge is 0.423 e. The summed E-state index contributed by atoms with van der Waals surface area (Å²) in [5.74, 6) is -0.395. The van der Waals surface area contributed by atoms with Crippen LogP contribution in [0.5, 0.6) is 5.75 Å². The Morgan fingerprint density at radius 1 is 0.929 bits per heavy atom. The minimum atomic E-state index is -0.464. The van der Waals surface area contributed by atoms with E-state index >= 15 is 0 Å². The maximum Gasteiger partial charge on any atom is 0.336 e. The number of amides is 1. The van der Waals surface area contributed by atoms with Gasteiger partial charge in [-0.2, -0.15) is 5.10 Å². The molecule has 3 aromatic rings. The molecule has 2 aromatic carbocycles. The van der Waals surface area contributed by atoms with Gasteiger partial charge in [-0.3, -0.25) is 9.78 Å². The second kappa shape index (κ2) is 9.59. The average Bonchev–Trinajstić information content (AvgIpc) is 2.75. The van der Waals surface area contributed by atoms with Crippen molar-refractivity contribution >= 4 is 24.2 Å². The number of hydrogen-bond donors (Lipinski definition) is 1. The van der Waals surface area contributed by atoms with Crippen LogP contribution in [-0.4, -0.2) is 23.1 Å². The van der Waals surface area contributed by atoms with Gasteiger partial charge in [0.05, 0.1) is 11.8 Å². The maximum atomic E-state index is 11.9. The third-order valence-electron chi connectivity index (χ3n) is 3.61. The first-order chi connectivity index (χ1) is 13.7. The van der Waals surface area contributed by atoms with Crippen molar-refractivity contribution in [3.63, 3.8) is 0 Å². The first-order valence-electron chi connectivity index (χ1n) is 8.49. The second-order valence-corrected chi connectivity index (χ2v) is 5.67. The van der Waals surface area contributed by atoms with E-state index in [1.165, 1.54) is 18.5 Å². The molecule has 1 N–H and O–H groups in total. The Bertz CT molecular complexity index is 983. The summed E-state index contributed by atoms with van der Waals surface area (Å²) in [6.07, 6.45) is 7.61. The van der Waals surface area contributed by atoms with Crippen molar-refractivity contribution in [2.75, 3.05) is 0 Å². The van der Waals surface area contributed by atoms with Gasteiger partial charge in [-0.1, -0.05) is 30.3 Å². The average molecular weight is 371 g/mol. The van der Waals surface area contributed by atoms with Crippen LogP contribution in [0.2, 0.25) is 0 Å². The molecule has 1 amide bonds. The Hall–Kier alpha value is -4.06. The Balaban J connectivity index is 1.51. The van der Waals surface area contributed by atoms with Gasteiger partial charge in [-0.15, -0.1) is 0 Å². The van der Waals surface area contributed by atoms with E-state index in [1.807, 2.05) is 30.3 Å². The number of carbonyl (C=O) groups is 2. The fourth-order valence-corrected chi connectivity index (χ4v) is 2.23. The predicted molar refractivity (Wildman–Crippen MR) is 107 cm³/mol. The summed E-state index contributed by atoms with van der Waals surface area (Å²) >= 11 is 0. The highest BCUT2D eigenvalue weighted by Gasteiger charge is 2.03. The van der Waals surface area contributed by atoms with E-state index in [0.717, 1.165) is 11.1 Å². The first kappa shape index (κ1) is 18.7. The van der Waals surface area contributed by atoms with E-state index in [9.17, 15) is 9.59 Å². The molecule has 0 atom stereocenters. The molecule has 0 saturated carbocycles. The number of carbonyl (C=O) groups excluding carboxylic acids is 2. The number of ether oxygens (including phenoxy) is 1. The molecule has 3 rings (SSSR count). The molecular weight excluding hydrogens is 354 g/mol. The number of nitrogens with one attached hydrogen (secondary N) is 1. The van der Waals surface area contributed by atoms with Crippen molar-refractivity contribution in [1.29, 1.82) is 0 Å². The summed E-state index contributed by atoms with van der Waals surface area (Å²) < 4.78 is 5.24. The van der Waals surface area contributed by atoms with Crippen molar-refractivity contribution in [2.45, 2.75) is 0 Å². The molecular formula is C22H17N3O3. The fraction of sp³-hybridized carbons (Fsp3) is 0. The van der Waals surface area contributed by atoms with Crippen LogP contribution in [0.3, 0.4) is 0 Å². The normalized spacial score (nSPS) is 10.9. The monoisotopic (exact) mass is 371 g/mol. The van der Waals surface area contributed by atoms with E-state index in [2.05, 4.69) is 15.5 Å². The number of hydrogen-bond acceptors (Lipinski definition) is 5. The summed E-state index contributed by atoms with van der Waals surface area (Å²) in [4.78, 5) is 27.6. The lowest BCUT2D eigenvalue weighted by Crippen LogP contribution is -2.17. The van der Waals surface area contributed by atoms with Crippen LogP contribution in [0.15, 0.2) is 90.3 Å². The van der Waals surface area contributed by atoms with Crippen molar-refractivity contribution in [1.82, 2.24) is 10.4 Å². The molecule has 0 bridgehead atoms. The quantitative estimate of drug-likeness (QED) is 0.237. The summed E-state index contributed by atoms with van der Waals surface area (Å²) in [6, 6.07) is 19.6. The molecule has 1 heterocycles. The molecule has 0 radical (unpaired) electrons. The lowest BCUT2D eigenvalue weighted by atomic mass is 10.2. The number of pyridine rings is 1. The van der Waals surface area contributed by atoms with Gasteiger partial charge in [0.2, 0.25) is 0 Å². The lowest BCUT2D eigenvalue weighted by Gasteiger charge is -2.02. The zero-order valence-corrected chi connectivity index (χ0v) is 14.9.